The van der Waals surface area contributed by atoms with E-state index in [4.69, 9.17) is 8.85 Å². The average molecular weight is 509 g/mol. The predicted molar refractivity (Wildman–Crippen MR) is 153 cm³/mol. The molecule has 0 bridgehead atoms. The van der Waals surface area contributed by atoms with Crippen LogP contribution in [0.15, 0.2) is 18.2 Å². The Hall–Kier alpha value is -0.783. The summed E-state index contributed by atoms with van der Waals surface area (Å²) in [4.78, 5) is 12.3. The molecule has 1 aromatic rings. The molecule has 0 heterocycles. The smallest absolute Gasteiger partial charge is 0.398 e. The molecule has 0 saturated carbocycles. The Bertz CT molecular complexity index is 692. The van der Waals surface area contributed by atoms with E-state index in [9.17, 15) is 4.79 Å². The largest absolute Gasteiger partial charge is 0.520 e. The van der Waals surface area contributed by atoms with Crippen molar-refractivity contribution < 1.29 is 13.6 Å². The minimum Gasteiger partial charge on any atom is -0.520 e. The highest BCUT2D eigenvalue weighted by atomic mass is 32.2. The van der Waals surface area contributed by atoms with E-state index >= 15 is 0 Å². The second-order valence-corrected chi connectivity index (χ2v) is 14.7. The van der Waals surface area contributed by atoms with Gasteiger partial charge in [-0.3, -0.25) is 4.79 Å². The quantitative estimate of drug-likeness (QED) is 0.138. The molecule has 0 aromatic heterocycles. The van der Waals surface area contributed by atoms with Gasteiger partial charge in [-0.1, -0.05) is 104 Å². The Morgan fingerprint density at radius 2 is 1.62 bits per heavy atom. The number of thioether (sulfide) groups is 1. The van der Waals surface area contributed by atoms with Crippen molar-refractivity contribution in [3.8, 4) is 5.75 Å². The van der Waals surface area contributed by atoms with Crippen LogP contribution in [0.1, 0.15) is 129 Å². The predicted octanol–water partition coefficient (Wildman–Crippen LogP) is 9.60. The maximum atomic E-state index is 12.3. The van der Waals surface area contributed by atoms with Crippen molar-refractivity contribution in [1.29, 1.82) is 0 Å². The number of hydrogen-bond acceptors (Lipinski definition) is 4. The van der Waals surface area contributed by atoms with Crippen LogP contribution in [-0.4, -0.2) is 26.0 Å². The Morgan fingerprint density at radius 3 is 2.24 bits per heavy atom. The van der Waals surface area contributed by atoms with Crippen LogP contribution in [0.4, 0.5) is 0 Å². The molecule has 0 radical (unpaired) electrons. The average Bonchev–Trinajstić information content (AvgIpc) is 2.80. The monoisotopic (exact) mass is 508 g/mol. The zero-order chi connectivity index (χ0) is 25.4. The van der Waals surface area contributed by atoms with Gasteiger partial charge >= 0.3 is 8.56 Å². The second kappa shape index (κ2) is 17.6. The third-order valence-corrected chi connectivity index (χ3v) is 11.0. The molecule has 0 saturated heterocycles. The van der Waals surface area contributed by atoms with E-state index in [2.05, 4.69) is 66.7 Å². The summed E-state index contributed by atoms with van der Waals surface area (Å²) < 4.78 is 13.5. The van der Waals surface area contributed by atoms with Crippen LogP contribution >= 0.6 is 11.8 Å². The first kappa shape index (κ1) is 31.2. The van der Waals surface area contributed by atoms with Gasteiger partial charge in [0.25, 0.3) is 0 Å². The second-order valence-electron chi connectivity index (χ2n) is 10.2. The van der Waals surface area contributed by atoms with Gasteiger partial charge in [0.1, 0.15) is 5.75 Å². The third kappa shape index (κ3) is 11.8. The lowest BCUT2D eigenvalue weighted by Gasteiger charge is -2.33. The number of carbonyl (C=O) groups excluding carboxylic acids is 1. The lowest BCUT2D eigenvalue weighted by molar-refractivity contribution is -0.111. The third-order valence-electron chi connectivity index (χ3n) is 6.27. The molecule has 196 valence electrons. The van der Waals surface area contributed by atoms with Crippen molar-refractivity contribution in [3.63, 3.8) is 0 Å². The molecule has 3 nitrogen and oxygen atoms in total. The number of unbranched alkanes of at least 4 members (excludes halogenated alkanes) is 4. The first-order valence-corrected chi connectivity index (χ1v) is 17.1. The zero-order valence-corrected chi connectivity index (χ0v) is 25.0. The van der Waals surface area contributed by atoms with E-state index in [1.807, 2.05) is 0 Å². The fourth-order valence-electron chi connectivity index (χ4n) is 4.21. The Balaban J connectivity index is 2.83. The van der Waals surface area contributed by atoms with E-state index in [0.717, 1.165) is 55.9 Å². The molecular weight excluding hydrogens is 456 g/mol. The van der Waals surface area contributed by atoms with Crippen molar-refractivity contribution >= 4 is 25.4 Å². The first-order chi connectivity index (χ1) is 16.3. The van der Waals surface area contributed by atoms with E-state index in [1.54, 1.807) is 0 Å². The lowest BCUT2D eigenvalue weighted by Crippen LogP contribution is -2.46. The van der Waals surface area contributed by atoms with Gasteiger partial charge in [0.15, 0.2) is 5.12 Å². The van der Waals surface area contributed by atoms with Crippen LogP contribution in [-0.2, 0) is 9.22 Å². The number of benzene rings is 1. The minimum atomic E-state index is -2.42. The van der Waals surface area contributed by atoms with Gasteiger partial charge in [0.2, 0.25) is 0 Å². The molecule has 1 unspecified atom stereocenters. The summed E-state index contributed by atoms with van der Waals surface area (Å²) in [5.74, 6) is 2.78. The minimum absolute atomic E-state index is 0.348. The normalized spacial score (nSPS) is 13.4. The molecule has 0 fully saturated rings. The summed E-state index contributed by atoms with van der Waals surface area (Å²) >= 11 is 1.51. The summed E-state index contributed by atoms with van der Waals surface area (Å²) in [5, 5.41) is 0.348. The summed E-state index contributed by atoms with van der Waals surface area (Å²) in [5.41, 5.74) is 2.64. The van der Waals surface area contributed by atoms with Crippen molar-refractivity contribution in [2.75, 3.05) is 12.4 Å². The SMILES string of the molecule is CCCCCCCC(=O)SCCC[Si](CCC)(OCCC)Oc1ccc(C(C)C)cc1C(C)C. The molecule has 5 heteroatoms. The summed E-state index contributed by atoms with van der Waals surface area (Å²) in [7, 11) is -2.42. The highest BCUT2D eigenvalue weighted by molar-refractivity contribution is 8.13. The fourth-order valence-corrected chi connectivity index (χ4v) is 8.72. The fraction of sp³-hybridized carbons (Fsp3) is 0.759. The standard InChI is InChI=1S/C29H52O3SSi/c1-8-11-12-13-14-16-29(30)33-20-15-22-34(21-10-3,31-19-9-2)32-28-18-17-26(24(4)5)23-27(28)25(6)7/h17-18,23-25H,8-16,19-22H2,1-7H3. The molecule has 0 amide bonds. The molecule has 0 aliphatic rings. The molecule has 1 atom stereocenters. The Morgan fingerprint density at radius 1 is 0.882 bits per heavy atom. The molecule has 0 aliphatic carbocycles. The Labute approximate surface area is 216 Å². The van der Waals surface area contributed by atoms with E-state index in [1.165, 1.54) is 48.6 Å². The van der Waals surface area contributed by atoms with Crippen LogP contribution in [0.5, 0.6) is 5.75 Å². The van der Waals surface area contributed by atoms with E-state index in [-0.39, 0.29) is 0 Å². The highest BCUT2D eigenvalue weighted by Gasteiger charge is 2.39. The Kier molecular flexibility index (Phi) is 16.2. The summed E-state index contributed by atoms with van der Waals surface area (Å²) in [6.45, 7) is 16.3. The van der Waals surface area contributed by atoms with Gasteiger partial charge in [-0.25, -0.2) is 0 Å². The molecular formula is C29H52O3SSi. The van der Waals surface area contributed by atoms with E-state index in [0.29, 0.717) is 23.4 Å². The lowest BCUT2D eigenvalue weighted by atomic mass is 9.95. The topological polar surface area (TPSA) is 35.5 Å². The summed E-state index contributed by atoms with van der Waals surface area (Å²) in [6.07, 6.45) is 9.74. The molecule has 1 rings (SSSR count). The molecule has 34 heavy (non-hydrogen) atoms. The maximum absolute atomic E-state index is 12.3. The number of carbonyl (C=O) groups is 1. The van der Waals surface area contributed by atoms with Crippen LogP contribution in [0, 0.1) is 0 Å². The van der Waals surface area contributed by atoms with Gasteiger partial charge in [-0.05, 0) is 48.3 Å². The maximum Gasteiger partial charge on any atom is 0.398 e. The number of hydrogen-bond donors (Lipinski definition) is 0. The van der Waals surface area contributed by atoms with Crippen molar-refractivity contribution in [2.24, 2.45) is 0 Å². The molecule has 1 aromatic carbocycles. The van der Waals surface area contributed by atoms with Gasteiger partial charge < -0.3 is 8.85 Å². The van der Waals surface area contributed by atoms with Crippen LogP contribution < -0.4 is 4.43 Å². The van der Waals surface area contributed by atoms with Gasteiger partial charge in [0.05, 0.1) is 0 Å². The van der Waals surface area contributed by atoms with Crippen molar-refractivity contribution in [3.05, 3.63) is 29.3 Å². The van der Waals surface area contributed by atoms with Crippen LogP contribution in [0.2, 0.25) is 12.1 Å². The van der Waals surface area contributed by atoms with Gasteiger partial charge in [-0.15, -0.1) is 0 Å². The molecule has 0 spiro atoms. The number of rotatable bonds is 19. The van der Waals surface area contributed by atoms with Crippen LogP contribution in [0.3, 0.4) is 0 Å². The highest BCUT2D eigenvalue weighted by Crippen LogP contribution is 2.35. The van der Waals surface area contributed by atoms with Gasteiger partial charge in [0, 0.05) is 30.9 Å². The first-order valence-electron chi connectivity index (χ1n) is 13.9. The van der Waals surface area contributed by atoms with Crippen LogP contribution in [0.25, 0.3) is 0 Å². The van der Waals surface area contributed by atoms with Crippen molar-refractivity contribution in [2.45, 2.75) is 130 Å². The van der Waals surface area contributed by atoms with E-state index < -0.39 is 8.56 Å². The molecule has 0 N–H and O–H groups in total. The summed E-state index contributed by atoms with van der Waals surface area (Å²) in [6, 6.07) is 8.65. The van der Waals surface area contributed by atoms with Crippen molar-refractivity contribution in [1.82, 2.24) is 0 Å². The zero-order valence-electron chi connectivity index (χ0n) is 23.2. The molecule has 0 aliphatic heterocycles. The van der Waals surface area contributed by atoms with Gasteiger partial charge in [-0.2, -0.15) is 0 Å².